The standard InChI is InChI=1S/C35H47ClN2O6S2/c1-23-6-4-15-35(40,16-17-45(3)41)30-11-8-27(30)20-38-21-34(14-5-7-25-18-28(36)10-12-29(25)34)22-44-32-13-9-26(19-31(32)38)33(39)37-46(42,43)24(23)2/h9-10,12-13,18-19,23-24,27,30,40H,4-8,11,14-17,20-22H2,1-3H3,(H,37,39)/t23-,24+,27-,30+,34-,35-,45-/m0/s1. The molecule has 1 fully saturated rings. The van der Waals surface area contributed by atoms with Gasteiger partial charge in [0.15, 0.2) is 0 Å². The van der Waals surface area contributed by atoms with Crippen molar-refractivity contribution in [3.8, 4) is 5.75 Å². The van der Waals surface area contributed by atoms with Crippen LogP contribution in [-0.4, -0.2) is 66.2 Å². The predicted molar refractivity (Wildman–Crippen MR) is 184 cm³/mol. The first-order chi connectivity index (χ1) is 21.8. The average molecular weight is 691 g/mol. The van der Waals surface area contributed by atoms with E-state index < -0.39 is 37.6 Å². The number of benzene rings is 2. The number of amides is 1. The zero-order valence-corrected chi connectivity index (χ0v) is 29.5. The zero-order valence-electron chi connectivity index (χ0n) is 27.1. The number of halogens is 1. The minimum atomic E-state index is -3.95. The van der Waals surface area contributed by atoms with Crippen molar-refractivity contribution < 1.29 is 27.3 Å². The van der Waals surface area contributed by atoms with Gasteiger partial charge < -0.3 is 14.7 Å². The molecule has 2 aliphatic heterocycles. The lowest BCUT2D eigenvalue weighted by Crippen LogP contribution is -2.53. The molecule has 2 bridgehead atoms. The summed E-state index contributed by atoms with van der Waals surface area (Å²) in [6.45, 7) is 5.32. The number of nitrogens with one attached hydrogen (secondary N) is 1. The third-order valence-electron chi connectivity index (χ3n) is 11.5. The fraction of sp³-hybridized carbons (Fsp3) is 0.629. The van der Waals surface area contributed by atoms with E-state index in [-0.39, 0.29) is 28.7 Å². The maximum Gasteiger partial charge on any atom is 0.264 e. The Kier molecular flexibility index (Phi) is 9.57. The quantitative estimate of drug-likeness (QED) is 0.431. The van der Waals surface area contributed by atoms with Gasteiger partial charge in [-0.05, 0) is 118 Å². The molecule has 252 valence electrons. The molecule has 1 amide bonds. The Hall–Kier alpha value is -2.14. The number of fused-ring (bicyclic) bond motifs is 4. The van der Waals surface area contributed by atoms with Gasteiger partial charge in [0.05, 0.1) is 23.1 Å². The number of anilines is 1. The fourth-order valence-corrected chi connectivity index (χ4v) is 10.5. The van der Waals surface area contributed by atoms with Gasteiger partial charge in [0, 0.05) is 51.9 Å². The number of carbonyl (C=O) groups excluding carboxylic acids is 1. The van der Waals surface area contributed by atoms with Crippen molar-refractivity contribution in [2.75, 3.05) is 36.6 Å². The molecule has 7 atom stereocenters. The second-order valence-corrected chi connectivity index (χ2v) is 18.4. The number of nitrogens with zero attached hydrogens (tertiary/aromatic N) is 1. The third-order valence-corrected chi connectivity index (χ3v) is 14.4. The van der Waals surface area contributed by atoms with Gasteiger partial charge in [-0.25, -0.2) is 13.1 Å². The van der Waals surface area contributed by atoms with Crippen LogP contribution < -0.4 is 14.4 Å². The van der Waals surface area contributed by atoms with Gasteiger partial charge in [0.1, 0.15) is 5.75 Å². The lowest BCUT2D eigenvalue weighted by Gasteiger charge is -2.50. The van der Waals surface area contributed by atoms with Crippen molar-refractivity contribution in [1.29, 1.82) is 0 Å². The molecule has 2 aliphatic carbocycles. The monoisotopic (exact) mass is 690 g/mol. The van der Waals surface area contributed by atoms with Crippen LogP contribution in [0.5, 0.6) is 5.75 Å². The Morgan fingerprint density at radius 3 is 2.65 bits per heavy atom. The molecule has 1 spiro atoms. The summed E-state index contributed by atoms with van der Waals surface area (Å²) in [5, 5.41) is 12.2. The molecule has 2 N–H and O–H groups in total. The number of rotatable bonds is 3. The molecule has 0 unspecified atom stereocenters. The number of carbonyl (C=O) groups is 1. The molecule has 11 heteroatoms. The molecule has 1 saturated carbocycles. The van der Waals surface area contributed by atoms with E-state index in [9.17, 15) is 22.5 Å². The van der Waals surface area contributed by atoms with Gasteiger partial charge in [0.25, 0.3) is 5.91 Å². The van der Waals surface area contributed by atoms with Crippen molar-refractivity contribution in [2.24, 2.45) is 17.8 Å². The van der Waals surface area contributed by atoms with Crippen LogP contribution >= 0.6 is 11.6 Å². The molecule has 8 nitrogen and oxygen atoms in total. The molecule has 2 aromatic carbocycles. The number of sulfonamides is 1. The summed E-state index contributed by atoms with van der Waals surface area (Å²) in [5.41, 5.74) is 2.22. The maximum atomic E-state index is 13.5. The van der Waals surface area contributed by atoms with Gasteiger partial charge in [-0.2, -0.15) is 0 Å². The number of ether oxygens (including phenoxy) is 1. The topological polar surface area (TPSA) is 113 Å². The van der Waals surface area contributed by atoms with E-state index >= 15 is 0 Å². The number of hydrogen-bond donors (Lipinski definition) is 2. The molecule has 4 aliphatic rings. The molecular formula is C35H47ClN2O6S2. The average Bonchev–Trinajstić information content (AvgIpc) is 3.14. The largest absolute Gasteiger partial charge is 0.490 e. The summed E-state index contributed by atoms with van der Waals surface area (Å²) >= 11 is 6.42. The Bertz CT molecular complexity index is 1620. The zero-order chi connectivity index (χ0) is 32.9. The molecule has 0 saturated heterocycles. The van der Waals surface area contributed by atoms with Crippen LogP contribution in [0.25, 0.3) is 0 Å². The first-order valence-electron chi connectivity index (χ1n) is 16.7. The third kappa shape index (κ3) is 6.61. The Morgan fingerprint density at radius 1 is 1.11 bits per heavy atom. The van der Waals surface area contributed by atoms with Crippen LogP contribution in [0.4, 0.5) is 5.69 Å². The van der Waals surface area contributed by atoms with E-state index in [2.05, 4.69) is 21.8 Å². The highest BCUT2D eigenvalue weighted by Gasteiger charge is 2.48. The fourth-order valence-electron chi connectivity index (χ4n) is 8.40. The first kappa shape index (κ1) is 33.7. The van der Waals surface area contributed by atoms with Crippen LogP contribution in [0.3, 0.4) is 0 Å². The lowest BCUT2D eigenvalue weighted by atomic mass is 9.62. The van der Waals surface area contributed by atoms with Crippen LogP contribution in [0, 0.1) is 17.8 Å². The second kappa shape index (κ2) is 13.1. The summed E-state index contributed by atoms with van der Waals surface area (Å²) in [6.07, 6.45) is 8.67. The van der Waals surface area contributed by atoms with E-state index in [1.165, 1.54) is 11.1 Å². The highest BCUT2D eigenvalue weighted by Crippen LogP contribution is 2.49. The normalized spacial score (nSPS) is 33.4. The summed E-state index contributed by atoms with van der Waals surface area (Å²) in [6, 6.07) is 11.3. The Morgan fingerprint density at radius 2 is 1.91 bits per heavy atom. The molecule has 0 aromatic heterocycles. The Labute approximate surface area is 281 Å². The van der Waals surface area contributed by atoms with E-state index in [4.69, 9.17) is 16.3 Å². The molecular weight excluding hydrogens is 644 g/mol. The predicted octanol–water partition coefficient (Wildman–Crippen LogP) is 5.61. The van der Waals surface area contributed by atoms with Crippen LogP contribution in [0.2, 0.25) is 5.02 Å². The van der Waals surface area contributed by atoms with Crippen molar-refractivity contribution in [2.45, 2.75) is 87.9 Å². The number of aliphatic hydroxyl groups is 1. The smallest absolute Gasteiger partial charge is 0.264 e. The Balaban J connectivity index is 1.43. The highest BCUT2D eigenvalue weighted by atomic mass is 35.5. The van der Waals surface area contributed by atoms with E-state index in [0.29, 0.717) is 56.9 Å². The summed E-state index contributed by atoms with van der Waals surface area (Å²) in [5.74, 6) is 0.460. The molecule has 6 rings (SSSR count). The number of hydrogen-bond acceptors (Lipinski definition) is 7. The van der Waals surface area contributed by atoms with E-state index in [0.717, 1.165) is 42.8 Å². The van der Waals surface area contributed by atoms with Gasteiger partial charge >= 0.3 is 0 Å². The molecule has 46 heavy (non-hydrogen) atoms. The van der Waals surface area contributed by atoms with Crippen LogP contribution in [0.1, 0.15) is 86.7 Å². The minimum absolute atomic E-state index is 0.0351. The van der Waals surface area contributed by atoms with E-state index in [1.54, 1.807) is 31.4 Å². The summed E-state index contributed by atoms with van der Waals surface area (Å²) in [4.78, 5) is 15.8. The number of aryl methyl sites for hydroxylation is 1. The van der Waals surface area contributed by atoms with E-state index in [1.807, 2.05) is 13.0 Å². The van der Waals surface area contributed by atoms with Crippen molar-refractivity contribution >= 4 is 44.0 Å². The molecule has 2 heterocycles. The maximum absolute atomic E-state index is 13.5. The van der Waals surface area contributed by atoms with Crippen LogP contribution in [-0.2, 0) is 32.7 Å². The summed E-state index contributed by atoms with van der Waals surface area (Å²) < 4.78 is 47.8. The van der Waals surface area contributed by atoms with Crippen molar-refractivity contribution in [3.05, 3.63) is 58.1 Å². The molecule has 0 radical (unpaired) electrons. The van der Waals surface area contributed by atoms with Gasteiger partial charge in [0.2, 0.25) is 10.0 Å². The van der Waals surface area contributed by atoms with Crippen molar-refractivity contribution in [3.63, 3.8) is 0 Å². The van der Waals surface area contributed by atoms with Gasteiger partial charge in [-0.15, -0.1) is 0 Å². The minimum Gasteiger partial charge on any atom is -0.490 e. The van der Waals surface area contributed by atoms with Crippen molar-refractivity contribution in [1.82, 2.24) is 4.72 Å². The first-order valence-corrected chi connectivity index (χ1v) is 20.3. The lowest BCUT2D eigenvalue weighted by molar-refractivity contribution is -0.0902. The summed E-state index contributed by atoms with van der Waals surface area (Å²) in [7, 11) is -4.99. The second-order valence-electron chi connectivity index (χ2n) is 14.4. The van der Waals surface area contributed by atoms with Crippen LogP contribution in [0.15, 0.2) is 36.4 Å². The molecule has 2 aromatic rings. The van der Waals surface area contributed by atoms with Gasteiger partial charge in [-0.1, -0.05) is 31.0 Å². The highest BCUT2D eigenvalue weighted by molar-refractivity contribution is 7.90. The van der Waals surface area contributed by atoms with Gasteiger partial charge in [-0.3, -0.25) is 9.00 Å². The SMILES string of the molecule is C[C@@H]1[C@@H](C)CCC[C@](O)(CC[S@](C)=O)[C@@H]2CC[C@H]2CN2C[C@@]3(CCCc4cc(Cl)ccc43)COc3ccc(cc32)C(=O)NS1(=O)=O.